The van der Waals surface area contributed by atoms with Crippen molar-refractivity contribution >= 4 is 11.6 Å². The van der Waals surface area contributed by atoms with Crippen molar-refractivity contribution < 1.29 is 4.79 Å². The summed E-state index contributed by atoms with van der Waals surface area (Å²) >= 11 is 0. The largest absolute Gasteiger partial charge is 0.308 e. The Hall–Kier alpha value is -1.36. The van der Waals surface area contributed by atoms with E-state index in [1.807, 2.05) is 18.1 Å². The fourth-order valence-electron chi connectivity index (χ4n) is 2.48. The Morgan fingerprint density at radius 2 is 2.28 bits per heavy atom. The average molecular weight is 250 g/mol. The maximum atomic E-state index is 12.3. The SMILES string of the molecule is CCc1nn(C)cc1N1CCC(NC(C)C)C1=O. The van der Waals surface area contributed by atoms with Crippen LogP contribution in [0.3, 0.4) is 0 Å². The molecule has 5 heteroatoms. The number of aromatic nitrogens is 2. The summed E-state index contributed by atoms with van der Waals surface area (Å²) in [7, 11) is 1.90. The average Bonchev–Trinajstić information content (AvgIpc) is 2.83. The van der Waals surface area contributed by atoms with E-state index in [4.69, 9.17) is 0 Å². The standard InChI is InChI=1S/C13H22N4O/c1-5-10-12(8-16(4)15-10)17-7-6-11(13(17)18)14-9(2)3/h8-9,11,14H,5-7H2,1-4H3. The fourth-order valence-corrected chi connectivity index (χ4v) is 2.48. The van der Waals surface area contributed by atoms with Crippen LogP contribution in [0.4, 0.5) is 5.69 Å². The minimum absolute atomic E-state index is 0.0464. The molecular formula is C13H22N4O. The Morgan fingerprint density at radius 3 is 2.89 bits per heavy atom. The molecule has 0 saturated carbocycles. The van der Waals surface area contributed by atoms with Gasteiger partial charge in [-0.15, -0.1) is 0 Å². The third-order valence-corrected chi connectivity index (χ3v) is 3.25. The molecule has 0 aliphatic carbocycles. The molecule has 1 aromatic heterocycles. The summed E-state index contributed by atoms with van der Waals surface area (Å²) in [6.45, 7) is 6.98. The molecule has 1 aliphatic heterocycles. The van der Waals surface area contributed by atoms with Gasteiger partial charge in [0.25, 0.3) is 0 Å². The number of nitrogens with one attached hydrogen (secondary N) is 1. The van der Waals surface area contributed by atoms with Crippen LogP contribution in [-0.4, -0.2) is 34.3 Å². The number of aryl methyl sites for hydroxylation is 2. The quantitative estimate of drug-likeness (QED) is 0.870. The zero-order valence-corrected chi connectivity index (χ0v) is 11.6. The Morgan fingerprint density at radius 1 is 1.56 bits per heavy atom. The number of hydrogen-bond acceptors (Lipinski definition) is 3. The number of amides is 1. The van der Waals surface area contributed by atoms with E-state index < -0.39 is 0 Å². The van der Waals surface area contributed by atoms with Gasteiger partial charge in [0.1, 0.15) is 0 Å². The minimum Gasteiger partial charge on any atom is -0.308 e. The molecule has 1 fully saturated rings. The molecule has 5 nitrogen and oxygen atoms in total. The second kappa shape index (κ2) is 5.10. The van der Waals surface area contributed by atoms with Crippen LogP contribution < -0.4 is 10.2 Å². The highest BCUT2D eigenvalue weighted by Gasteiger charge is 2.34. The minimum atomic E-state index is -0.0464. The lowest BCUT2D eigenvalue weighted by Gasteiger charge is -2.17. The van der Waals surface area contributed by atoms with Gasteiger partial charge < -0.3 is 10.2 Å². The highest BCUT2D eigenvalue weighted by Crippen LogP contribution is 2.25. The topological polar surface area (TPSA) is 50.2 Å². The van der Waals surface area contributed by atoms with E-state index in [1.54, 1.807) is 4.68 Å². The summed E-state index contributed by atoms with van der Waals surface area (Å²) in [6, 6.07) is 0.286. The molecule has 1 aliphatic rings. The third-order valence-electron chi connectivity index (χ3n) is 3.25. The maximum absolute atomic E-state index is 12.3. The van der Waals surface area contributed by atoms with Gasteiger partial charge in [0.2, 0.25) is 5.91 Å². The first-order valence-corrected chi connectivity index (χ1v) is 6.62. The van der Waals surface area contributed by atoms with Crippen molar-refractivity contribution in [1.82, 2.24) is 15.1 Å². The highest BCUT2D eigenvalue weighted by atomic mass is 16.2. The van der Waals surface area contributed by atoms with Gasteiger partial charge in [-0.25, -0.2) is 0 Å². The Kier molecular flexibility index (Phi) is 3.71. The molecule has 1 saturated heterocycles. The van der Waals surface area contributed by atoms with Gasteiger partial charge >= 0.3 is 0 Å². The number of nitrogens with zero attached hydrogens (tertiary/aromatic N) is 3. The van der Waals surface area contributed by atoms with E-state index in [0.29, 0.717) is 6.04 Å². The summed E-state index contributed by atoms with van der Waals surface area (Å²) in [6.07, 6.45) is 3.66. The van der Waals surface area contributed by atoms with Gasteiger partial charge in [0.05, 0.1) is 17.4 Å². The molecular weight excluding hydrogens is 228 g/mol. The van der Waals surface area contributed by atoms with Crippen molar-refractivity contribution in [3.05, 3.63) is 11.9 Å². The molecule has 2 rings (SSSR count). The lowest BCUT2D eigenvalue weighted by molar-refractivity contribution is -0.118. The van der Waals surface area contributed by atoms with Gasteiger partial charge in [-0.2, -0.15) is 5.10 Å². The van der Waals surface area contributed by atoms with Crippen LogP contribution in [0, 0.1) is 0 Å². The fraction of sp³-hybridized carbons (Fsp3) is 0.692. The van der Waals surface area contributed by atoms with E-state index in [9.17, 15) is 4.79 Å². The Labute approximate surface area is 108 Å². The van der Waals surface area contributed by atoms with Crippen molar-refractivity contribution in [2.24, 2.45) is 7.05 Å². The van der Waals surface area contributed by atoms with Crippen LogP contribution in [0.15, 0.2) is 6.20 Å². The van der Waals surface area contributed by atoms with E-state index in [2.05, 4.69) is 31.2 Å². The van der Waals surface area contributed by atoms with Crippen LogP contribution in [0.1, 0.15) is 32.9 Å². The van der Waals surface area contributed by atoms with Crippen molar-refractivity contribution in [1.29, 1.82) is 0 Å². The first-order valence-electron chi connectivity index (χ1n) is 6.62. The van der Waals surface area contributed by atoms with Crippen molar-refractivity contribution in [3.8, 4) is 0 Å². The Bertz CT molecular complexity index is 438. The molecule has 0 radical (unpaired) electrons. The molecule has 1 amide bonds. The lowest BCUT2D eigenvalue weighted by Crippen LogP contribution is -2.41. The summed E-state index contributed by atoms with van der Waals surface area (Å²) in [5.41, 5.74) is 1.97. The summed E-state index contributed by atoms with van der Waals surface area (Å²) in [4.78, 5) is 14.2. The van der Waals surface area contributed by atoms with Gasteiger partial charge in [-0.3, -0.25) is 9.48 Å². The van der Waals surface area contributed by atoms with E-state index in [1.165, 1.54) is 0 Å². The third kappa shape index (κ3) is 2.41. The predicted octanol–water partition coefficient (Wildman–Crippen LogP) is 1.09. The lowest BCUT2D eigenvalue weighted by atomic mass is 10.2. The molecule has 2 heterocycles. The van der Waals surface area contributed by atoms with Crippen LogP contribution in [0.5, 0.6) is 0 Å². The first-order chi connectivity index (χ1) is 8.52. The molecule has 1 aromatic rings. The second-order valence-corrected chi connectivity index (χ2v) is 5.14. The van der Waals surface area contributed by atoms with Crippen molar-refractivity contribution in [2.75, 3.05) is 11.4 Å². The summed E-state index contributed by atoms with van der Waals surface area (Å²) in [5.74, 6) is 0.173. The molecule has 100 valence electrons. The van der Waals surface area contributed by atoms with Crippen molar-refractivity contribution in [3.63, 3.8) is 0 Å². The summed E-state index contributed by atoms with van der Waals surface area (Å²) < 4.78 is 1.78. The molecule has 0 bridgehead atoms. The molecule has 1 atom stereocenters. The zero-order chi connectivity index (χ0) is 13.3. The van der Waals surface area contributed by atoms with Gasteiger partial charge in [0, 0.05) is 25.8 Å². The van der Waals surface area contributed by atoms with E-state index in [0.717, 1.165) is 30.8 Å². The van der Waals surface area contributed by atoms with Crippen LogP contribution >= 0.6 is 0 Å². The molecule has 1 N–H and O–H groups in total. The van der Waals surface area contributed by atoms with E-state index >= 15 is 0 Å². The summed E-state index contributed by atoms with van der Waals surface area (Å²) in [5, 5.41) is 7.71. The Balaban J connectivity index is 2.17. The molecule has 18 heavy (non-hydrogen) atoms. The molecule has 1 unspecified atom stereocenters. The van der Waals surface area contributed by atoms with Gasteiger partial charge in [-0.1, -0.05) is 20.8 Å². The number of rotatable bonds is 4. The zero-order valence-electron chi connectivity index (χ0n) is 11.6. The number of carbonyl (C=O) groups is 1. The molecule has 0 spiro atoms. The van der Waals surface area contributed by atoms with Gasteiger partial charge in [-0.05, 0) is 12.8 Å². The highest BCUT2D eigenvalue weighted by molar-refractivity contribution is 5.99. The normalized spacial score (nSPS) is 20.2. The number of anilines is 1. The van der Waals surface area contributed by atoms with Crippen LogP contribution in [0.2, 0.25) is 0 Å². The number of hydrogen-bond donors (Lipinski definition) is 1. The van der Waals surface area contributed by atoms with E-state index in [-0.39, 0.29) is 11.9 Å². The van der Waals surface area contributed by atoms with Crippen molar-refractivity contribution in [2.45, 2.75) is 45.7 Å². The van der Waals surface area contributed by atoms with Gasteiger partial charge in [0.15, 0.2) is 0 Å². The number of carbonyl (C=O) groups excluding carboxylic acids is 1. The maximum Gasteiger partial charge on any atom is 0.244 e. The first kappa shape index (κ1) is 13.1. The molecule has 0 aromatic carbocycles. The predicted molar refractivity (Wildman–Crippen MR) is 71.6 cm³/mol. The smallest absolute Gasteiger partial charge is 0.244 e. The van der Waals surface area contributed by atoms with Crippen LogP contribution in [0.25, 0.3) is 0 Å². The van der Waals surface area contributed by atoms with Crippen LogP contribution in [-0.2, 0) is 18.3 Å². The second-order valence-electron chi connectivity index (χ2n) is 5.14. The monoisotopic (exact) mass is 250 g/mol.